The summed E-state index contributed by atoms with van der Waals surface area (Å²) >= 11 is 0. The second-order valence-corrected chi connectivity index (χ2v) is 8.13. The molecule has 0 atom stereocenters. The summed E-state index contributed by atoms with van der Waals surface area (Å²) in [6.45, 7) is 4.43. The Bertz CT molecular complexity index is 1260. The van der Waals surface area contributed by atoms with Gasteiger partial charge in [-0.2, -0.15) is 4.98 Å². The molecule has 0 spiro atoms. The van der Waals surface area contributed by atoms with Crippen molar-refractivity contribution in [3.63, 3.8) is 0 Å². The van der Waals surface area contributed by atoms with E-state index in [0.29, 0.717) is 43.8 Å². The van der Waals surface area contributed by atoms with Crippen LogP contribution in [0, 0.1) is 0 Å². The lowest BCUT2D eigenvalue weighted by atomic mass is 10.0. The van der Waals surface area contributed by atoms with Gasteiger partial charge in [0.15, 0.2) is 12.4 Å². The second kappa shape index (κ2) is 10.9. The molecule has 9 nitrogen and oxygen atoms in total. The van der Waals surface area contributed by atoms with E-state index in [1.54, 1.807) is 7.05 Å². The molecule has 1 fully saturated rings. The Kier molecular flexibility index (Phi) is 7.47. The molecule has 0 unspecified atom stereocenters. The number of ether oxygens (including phenoxy) is 1. The standard InChI is InChI=1S/C26H29N7O2/c1-4-6-21(28-2)18-7-5-8-19(17-18)23-22(24(27)34)25(29-20-9-11-32(3)12-10-20)31-26(30-23)33-13-15-35-16-14-33/h4-12,17H,13-16H2,1-3H3,(H2,27,34)/p+1/b6-4-,28-21?. The molecule has 3 heterocycles. The van der Waals surface area contributed by atoms with E-state index < -0.39 is 5.91 Å². The van der Waals surface area contributed by atoms with E-state index in [1.165, 1.54) is 0 Å². The molecule has 0 bridgehead atoms. The Hall–Kier alpha value is -4.11. The number of allylic oxidation sites excluding steroid dienone is 2. The number of primary amides is 1. The molecule has 180 valence electrons. The minimum atomic E-state index is -0.610. The molecule has 2 aromatic heterocycles. The number of aryl methyl sites for hydroxylation is 1. The lowest BCUT2D eigenvalue weighted by Gasteiger charge is -2.28. The Balaban J connectivity index is 1.89. The van der Waals surface area contributed by atoms with Crippen molar-refractivity contribution in [3.05, 3.63) is 72.1 Å². The first-order valence-electron chi connectivity index (χ1n) is 11.5. The largest absolute Gasteiger partial charge is 0.378 e. The van der Waals surface area contributed by atoms with Crippen molar-refractivity contribution in [3.8, 4) is 11.3 Å². The topological polar surface area (TPSA) is 110 Å². The van der Waals surface area contributed by atoms with Crippen LogP contribution in [0.25, 0.3) is 11.3 Å². The Labute approximate surface area is 205 Å². The number of carbonyl (C=O) groups is 1. The van der Waals surface area contributed by atoms with Crippen molar-refractivity contribution >= 4 is 29.1 Å². The van der Waals surface area contributed by atoms with Crippen molar-refractivity contribution in [1.82, 2.24) is 9.97 Å². The maximum Gasteiger partial charge on any atom is 0.254 e. The third-order valence-corrected chi connectivity index (χ3v) is 5.68. The van der Waals surface area contributed by atoms with Crippen LogP contribution in [0.2, 0.25) is 0 Å². The van der Waals surface area contributed by atoms with Crippen LogP contribution >= 0.6 is 0 Å². The van der Waals surface area contributed by atoms with Gasteiger partial charge in [-0.3, -0.25) is 9.79 Å². The SMILES string of the molecule is C/C=C\C(=NC)c1cccc(-c2nc(N3CCOCC3)nc(Nc3cc[n+](C)cc3)c2C(N)=O)c1. The van der Waals surface area contributed by atoms with Crippen LogP contribution in [0.4, 0.5) is 17.5 Å². The molecular weight excluding hydrogens is 442 g/mol. The smallest absolute Gasteiger partial charge is 0.254 e. The highest BCUT2D eigenvalue weighted by Crippen LogP contribution is 2.31. The van der Waals surface area contributed by atoms with Crippen LogP contribution < -0.4 is 20.5 Å². The quantitative estimate of drug-likeness (QED) is 0.404. The molecule has 1 aliphatic rings. The van der Waals surface area contributed by atoms with Crippen molar-refractivity contribution in [2.24, 2.45) is 17.8 Å². The van der Waals surface area contributed by atoms with E-state index in [1.807, 2.05) is 79.5 Å². The number of aromatic nitrogens is 3. The number of hydrogen-bond donors (Lipinski definition) is 2. The first kappa shape index (κ1) is 24.0. The van der Waals surface area contributed by atoms with Crippen LogP contribution in [0.1, 0.15) is 22.8 Å². The van der Waals surface area contributed by atoms with Crippen LogP contribution in [0.3, 0.4) is 0 Å². The fourth-order valence-electron chi connectivity index (χ4n) is 3.89. The molecule has 0 radical (unpaired) electrons. The fraction of sp³-hybridized carbons (Fsp3) is 0.269. The second-order valence-electron chi connectivity index (χ2n) is 8.13. The lowest BCUT2D eigenvalue weighted by Crippen LogP contribution is -2.37. The van der Waals surface area contributed by atoms with Crippen molar-refractivity contribution in [2.75, 3.05) is 43.6 Å². The predicted molar refractivity (Wildman–Crippen MR) is 137 cm³/mol. The van der Waals surface area contributed by atoms with Gasteiger partial charge in [0.25, 0.3) is 5.91 Å². The first-order chi connectivity index (χ1) is 17.0. The number of pyridine rings is 1. The van der Waals surface area contributed by atoms with Crippen molar-refractivity contribution < 1.29 is 14.1 Å². The molecule has 1 amide bonds. The highest BCUT2D eigenvalue weighted by atomic mass is 16.5. The Morgan fingerprint density at radius 3 is 2.60 bits per heavy atom. The van der Waals surface area contributed by atoms with E-state index >= 15 is 0 Å². The van der Waals surface area contributed by atoms with Crippen LogP contribution in [0.15, 0.2) is 65.9 Å². The Morgan fingerprint density at radius 1 is 1.20 bits per heavy atom. The highest BCUT2D eigenvalue weighted by Gasteiger charge is 2.24. The van der Waals surface area contributed by atoms with Gasteiger partial charge >= 0.3 is 0 Å². The van der Waals surface area contributed by atoms with E-state index in [2.05, 4.69) is 15.2 Å². The summed E-state index contributed by atoms with van der Waals surface area (Å²) in [4.78, 5) is 28.8. The molecule has 1 aromatic carbocycles. The Morgan fingerprint density at radius 2 is 1.94 bits per heavy atom. The molecule has 3 aromatic rings. The van der Waals surface area contributed by atoms with Gasteiger partial charge in [-0.05, 0) is 19.1 Å². The predicted octanol–water partition coefficient (Wildman–Crippen LogP) is 2.64. The van der Waals surface area contributed by atoms with Crippen molar-refractivity contribution in [2.45, 2.75) is 6.92 Å². The normalized spacial score (nSPS) is 14.4. The fourth-order valence-corrected chi connectivity index (χ4v) is 3.89. The number of aliphatic imine (C=N–C) groups is 1. The molecule has 35 heavy (non-hydrogen) atoms. The molecular formula is C26H30N7O2+. The van der Waals surface area contributed by atoms with Gasteiger partial charge in [0, 0.05) is 43.4 Å². The van der Waals surface area contributed by atoms with Crippen LogP contribution in [-0.2, 0) is 11.8 Å². The zero-order valence-corrected chi connectivity index (χ0v) is 20.2. The summed E-state index contributed by atoms with van der Waals surface area (Å²) in [7, 11) is 3.69. The third kappa shape index (κ3) is 5.52. The number of nitrogens with two attached hydrogens (primary N) is 1. The average molecular weight is 473 g/mol. The highest BCUT2D eigenvalue weighted by molar-refractivity contribution is 6.10. The molecule has 1 aliphatic heterocycles. The number of anilines is 3. The third-order valence-electron chi connectivity index (χ3n) is 5.68. The van der Waals surface area contributed by atoms with Gasteiger partial charge in [-0.1, -0.05) is 24.3 Å². The van der Waals surface area contributed by atoms with Gasteiger partial charge < -0.3 is 20.7 Å². The molecule has 9 heteroatoms. The number of rotatable bonds is 7. The molecule has 1 saturated heterocycles. The summed E-state index contributed by atoms with van der Waals surface area (Å²) in [5.74, 6) is 0.266. The van der Waals surface area contributed by atoms with Crippen LogP contribution in [-0.4, -0.2) is 54.9 Å². The number of nitrogens with one attached hydrogen (secondary N) is 1. The number of morpholine rings is 1. The zero-order valence-electron chi connectivity index (χ0n) is 20.2. The monoisotopic (exact) mass is 472 g/mol. The summed E-state index contributed by atoms with van der Waals surface area (Å²) in [5, 5.41) is 3.28. The first-order valence-corrected chi connectivity index (χ1v) is 11.5. The summed E-state index contributed by atoms with van der Waals surface area (Å²) in [6.07, 6.45) is 7.70. The van der Waals surface area contributed by atoms with Crippen molar-refractivity contribution in [1.29, 1.82) is 0 Å². The molecule has 4 rings (SSSR count). The van der Waals surface area contributed by atoms with Gasteiger partial charge in [-0.15, -0.1) is 0 Å². The van der Waals surface area contributed by atoms with E-state index in [-0.39, 0.29) is 5.56 Å². The van der Waals surface area contributed by atoms with Gasteiger partial charge in [0.1, 0.15) is 18.4 Å². The van der Waals surface area contributed by atoms with Gasteiger partial charge in [-0.25, -0.2) is 9.55 Å². The number of benzene rings is 1. The number of amides is 1. The molecule has 0 saturated carbocycles. The summed E-state index contributed by atoms with van der Waals surface area (Å²) in [6, 6.07) is 11.6. The summed E-state index contributed by atoms with van der Waals surface area (Å²) in [5.41, 5.74) is 9.87. The average Bonchev–Trinajstić information content (AvgIpc) is 2.88. The summed E-state index contributed by atoms with van der Waals surface area (Å²) < 4.78 is 7.43. The maximum absolute atomic E-state index is 12.8. The number of carbonyl (C=O) groups excluding carboxylic acids is 1. The maximum atomic E-state index is 12.8. The van der Waals surface area contributed by atoms with Gasteiger partial charge in [0.05, 0.1) is 30.3 Å². The zero-order chi connectivity index (χ0) is 24.8. The number of nitrogens with zero attached hydrogens (tertiary/aromatic N) is 5. The molecule has 3 N–H and O–H groups in total. The van der Waals surface area contributed by atoms with Crippen LogP contribution in [0.5, 0.6) is 0 Å². The van der Waals surface area contributed by atoms with E-state index in [0.717, 1.165) is 22.5 Å². The number of hydrogen-bond acceptors (Lipinski definition) is 7. The van der Waals surface area contributed by atoms with Gasteiger partial charge in [0.2, 0.25) is 5.95 Å². The van der Waals surface area contributed by atoms with E-state index in [9.17, 15) is 4.79 Å². The molecule has 0 aliphatic carbocycles. The lowest BCUT2D eigenvalue weighted by molar-refractivity contribution is -0.671. The van der Waals surface area contributed by atoms with E-state index in [4.69, 9.17) is 20.4 Å². The minimum Gasteiger partial charge on any atom is -0.378 e. The minimum absolute atomic E-state index is 0.230.